The van der Waals surface area contributed by atoms with Gasteiger partial charge < -0.3 is 9.73 Å². The summed E-state index contributed by atoms with van der Waals surface area (Å²) >= 11 is 0. The molecule has 1 N–H and O–H groups in total. The van der Waals surface area contributed by atoms with Crippen LogP contribution in [0.25, 0.3) is 43.8 Å². The van der Waals surface area contributed by atoms with Gasteiger partial charge in [-0.2, -0.15) is 0 Å². The monoisotopic (exact) mass is 425 g/mol. The summed E-state index contributed by atoms with van der Waals surface area (Å²) in [6, 6.07) is 34.6. The summed E-state index contributed by atoms with van der Waals surface area (Å²) in [7, 11) is 0. The number of hydrogen-bond donors (Lipinski definition) is 1. The molecule has 0 amide bonds. The molecule has 0 fully saturated rings. The largest absolute Gasteiger partial charge is 0.456 e. The molecule has 0 bridgehead atoms. The summed E-state index contributed by atoms with van der Waals surface area (Å²) in [4.78, 5) is 0. The molecule has 5 aromatic carbocycles. The molecule has 33 heavy (non-hydrogen) atoms. The van der Waals surface area contributed by atoms with Gasteiger partial charge in [-0.05, 0) is 75.5 Å². The van der Waals surface area contributed by atoms with Crippen molar-refractivity contribution < 1.29 is 4.42 Å². The van der Waals surface area contributed by atoms with E-state index in [9.17, 15) is 0 Å². The lowest BCUT2D eigenvalue weighted by atomic mass is 9.82. The van der Waals surface area contributed by atoms with Crippen LogP contribution in [0.3, 0.4) is 0 Å². The van der Waals surface area contributed by atoms with E-state index in [2.05, 4.69) is 116 Å². The van der Waals surface area contributed by atoms with Gasteiger partial charge in [-0.25, -0.2) is 0 Å². The maximum Gasteiger partial charge on any atom is 0.136 e. The fraction of sp³-hybridized carbons (Fsp3) is 0.0968. The van der Waals surface area contributed by atoms with E-state index in [1.807, 2.05) is 0 Å². The minimum absolute atomic E-state index is 0.00458. The summed E-state index contributed by atoms with van der Waals surface area (Å²) in [5, 5.41) is 8.35. The first-order valence-corrected chi connectivity index (χ1v) is 11.4. The zero-order valence-corrected chi connectivity index (χ0v) is 18.6. The Morgan fingerprint density at radius 1 is 0.576 bits per heavy atom. The number of hydrogen-bond acceptors (Lipinski definition) is 2. The van der Waals surface area contributed by atoms with Crippen LogP contribution in [0.2, 0.25) is 0 Å². The van der Waals surface area contributed by atoms with Crippen molar-refractivity contribution in [1.29, 1.82) is 0 Å². The number of fused-ring (bicyclic) bond motifs is 7. The molecular weight excluding hydrogens is 402 g/mol. The van der Waals surface area contributed by atoms with Gasteiger partial charge in [0.05, 0.1) is 0 Å². The van der Waals surface area contributed by atoms with E-state index in [-0.39, 0.29) is 5.41 Å². The van der Waals surface area contributed by atoms with E-state index >= 15 is 0 Å². The highest BCUT2D eigenvalue weighted by atomic mass is 16.3. The first kappa shape index (κ1) is 18.5. The van der Waals surface area contributed by atoms with Crippen molar-refractivity contribution in [3.8, 4) is 11.1 Å². The van der Waals surface area contributed by atoms with Crippen molar-refractivity contribution in [2.75, 3.05) is 5.32 Å². The Balaban J connectivity index is 1.31. The normalized spacial score (nSPS) is 14.0. The second kappa shape index (κ2) is 6.49. The Kier molecular flexibility index (Phi) is 3.64. The molecule has 0 saturated heterocycles. The molecule has 7 rings (SSSR count). The molecule has 1 aliphatic rings. The highest BCUT2D eigenvalue weighted by Crippen LogP contribution is 2.49. The van der Waals surface area contributed by atoms with Crippen LogP contribution < -0.4 is 5.32 Å². The van der Waals surface area contributed by atoms with Gasteiger partial charge in [0, 0.05) is 27.6 Å². The summed E-state index contributed by atoms with van der Waals surface area (Å²) < 4.78 is 6.16. The van der Waals surface area contributed by atoms with Gasteiger partial charge in [0.2, 0.25) is 0 Å². The lowest BCUT2D eigenvalue weighted by Crippen LogP contribution is -2.15. The fourth-order valence-corrected chi connectivity index (χ4v) is 5.49. The molecule has 1 aromatic heterocycles. The van der Waals surface area contributed by atoms with E-state index < -0.39 is 0 Å². The smallest absolute Gasteiger partial charge is 0.136 e. The lowest BCUT2D eigenvalue weighted by Gasteiger charge is -2.22. The van der Waals surface area contributed by atoms with Crippen molar-refractivity contribution in [3.05, 3.63) is 108 Å². The SMILES string of the molecule is CC1(C)c2ccccc2-c2ccc(Nc3ccc4oc5cc6ccccc6cc5c4c3)cc21. The number of anilines is 2. The molecule has 0 radical (unpaired) electrons. The predicted octanol–water partition coefficient (Wildman–Crippen LogP) is 8.79. The second-order valence-electron chi connectivity index (χ2n) is 9.56. The van der Waals surface area contributed by atoms with Crippen LogP contribution in [0.4, 0.5) is 11.4 Å². The van der Waals surface area contributed by atoms with E-state index in [0.29, 0.717) is 0 Å². The van der Waals surface area contributed by atoms with Crippen molar-refractivity contribution in [2.45, 2.75) is 19.3 Å². The van der Waals surface area contributed by atoms with Crippen LogP contribution in [0, 0.1) is 0 Å². The maximum absolute atomic E-state index is 6.16. The topological polar surface area (TPSA) is 25.2 Å². The number of furan rings is 1. The molecule has 158 valence electrons. The van der Waals surface area contributed by atoms with Gasteiger partial charge in [-0.15, -0.1) is 0 Å². The van der Waals surface area contributed by atoms with Crippen LogP contribution >= 0.6 is 0 Å². The molecule has 6 aromatic rings. The molecule has 1 heterocycles. The molecular formula is C31H23NO. The number of rotatable bonds is 2. The van der Waals surface area contributed by atoms with Gasteiger partial charge in [0.1, 0.15) is 11.2 Å². The Morgan fingerprint density at radius 3 is 2.12 bits per heavy atom. The zero-order chi connectivity index (χ0) is 22.2. The molecule has 0 aliphatic heterocycles. The minimum Gasteiger partial charge on any atom is -0.456 e. The summed E-state index contributed by atoms with van der Waals surface area (Å²) in [6.45, 7) is 4.63. The molecule has 0 spiro atoms. The summed E-state index contributed by atoms with van der Waals surface area (Å²) in [5.74, 6) is 0. The summed E-state index contributed by atoms with van der Waals surface area (Å²) in [6.07, 6.45) is 0. The van der Waals surface area contributed by atoms with Crippen molar-refractivity contribution >= 4 is 44.1 Å². The van der Waals surface area contributed by atoms with Crippen LogP contribution in [0.5, 0.6) is 0 Å². The van der Waals surface area contributed by atoms with Crippen LogP contribution in [-0.4, -0.2) is 0 Å². The highest BCUT2D eigenvalue weighted by molar-refractivity contribution is 6.10. The Labute approximate surface area is 192 Å². The molecule has 1 aliphatic carbocycles. The first-order chi connectivity index (χ1) is 16.1. The molecule has 0 unspecified atom stereocenters. The summed E-state index contributed by atoms with van der Waals surface area (Å²) in [5.41, 5.74) is 9.46. The van der Waals surface area contributed by atoms with Gasteiger partial charge in [-0.1, -0.05) is 68.4 Å². The molecule has 0 saturated carbocycles. The van der Waals surface area contributed by atoms with E-state index in [0.717, 1.165) is 33.3 Å². The molecule has 2 nitrogen and oxygen atoms in total. The second-order valence-corrected chi connectivity index (χ2v) is 9.56. The Morgan fingerprint density at radius 2 is 1.24 bits per heavy atom. The van der Waals surface area contributed by atoms with Gasteiger partial charge >= 0.3 is 0 Å². The van der Waals surface area contributed by atoms with E-state index in [1.54, 1.807) is 0 Å². The average Bonchev–Trinajstić information content (AvgIpc) is 3.29. The molecule has 0 atom stereocenters. The third kappa shape index (κ3) is 2.67. The minimum atomic E-state index is -0.00458. The maximum atomic E-state index is 6.16. The third-order valence-electron chi connectivity index (χ3n) is 7.21. The van der Waals surface area contributed by atoms with E-state index in [4.69, 9.17) is 4.42 Å². The molecule has 2 heteroatoms. The van der Waals surface area contributed by atoms with Crippen molar-refractivity contribution in [3.63, 3.8) is 0 Å². The standard InChI is InChI=1S/C31H23NO/c1-31(2)27-10-6-5-9-23(27)24-13-11-22(18-28(24)31)32-21-12-14-29-26(17-21)25-15-19-7-3-4-8-20(19)16-30(25)33-29/h3-18,32H,1-2H3. The fourth-order valence-electron chi connectivity index (χ4n) is 5.49. The lowest BCUT2D eigenvalue weighted by molar-refractivity contribution is 0.660. The Hall–Kier alpha value is -4.04. The zero-order valence-electron chi connectivity index (χ0n) is 18.6. The van der Waals surface area contributed by atoms with Crippen LogP contribution in [0.15, 0.2) is 101 Å². The Bertz CT molecular complexity index is 1720. The van der Waals surface area contributed by atoms with Gasteiger partial charge in [0.15, 0.2) is 0 Å². The number of nitrogens with one attached hydrogen (secondary N) is 1. The van der Waals surface area contributed by atoms with Crippen LogP contribution in [0.1, 0.15) is 25.0 Å². The highest BCUT2D eigenvalue weighted by Gasteiger charge is 2.35. The third-order valence-corrected chi connectivity index (χ3v) is 7.21. The van der Waals surface area contributed by atoms with Gasteiger partial charge in [0.25, 0.3) is 0 Å². The van der Waals surface area contributed by atoms with Gasteiger partial charge in [-0.3, -0.25) is 0 Å². The number of benzene rings is 5. The van der Waals surface area contributed by atoms with Crippen molar-refractivity contribution in [2.24, 2.45) is 0 Å². The quantitative estimate of drug-likeness (QED) is 0.300. The van der Waals surface area contributed by atoms with Crippen LogP contribution in [-0.2, 0) is 5.41 Å². The first-order valence-electron chi connectivity index (χ1n) is 11.4. The van der Waals surface area contributed by atoms with E-state index in [1.165, 1.54) is 33.0 Å². The average molecular weight is 426 g/mol. The predicted molar refractivity (Wildman–Crippen MR) is 139 cm³/mol. The van der Waals surface area contributed by atoms with Crippen molar-refractivity contribution in [1.82, 2.24) is 0 Å².